The molecule has 13 heavy (non-hydrogen) atoms. The molecule has 0 aliphatic rings. The van der Waals surface area contributed by atoms with Crippen LogP contribution in [0.5, 0.6) is 0 Å². The molecule has 2 aromatic heterocycles. The molecule has 6 heteroatoms. The summed E-state index contributed by atoms with van der Waals surface area (Å²) in [5, 5.41) is 3.77. The van der Waals surface area contributed by atoms with Gasteiger partial charge in [-0.3, -0.25) is 4.98 Å². The van der Waals surface area contributed by atoms with Crippen LogP contribution in [-0.2, 0) is 0 Å². The molecule has 2 aromatic rings. The zero-order chi connectivity index (χ0) is 9.26. The molecule has 2 rings (SSSR count). The van der Waals surface area contributed by atoms with Gasteiger partial charge in [0.15, 0.2) is 0 Å². The van der Waals surface area contributed by atoms with Gasteiger partial charge in [-0.1, -0.05) is 0 Å². The van der Waals surface area contributed by atoms with Crippen LogP contribution in [0.15, 0.2) is 21.6 Å². The van der Waals surface area contributed by atoms with Crippen molar-refractivity contribution in [3.05, 3.63) is 27.3 Å². The predicted octanol–water partition coefficient (Wildman–Crippen LogP) is 0.476. The van der Waals surface area contributed by atoms with E-state index < -0.39 is 5.69 Å². The van der Waals surface area contributed by atoms with Gasteiger partial charge >= 0.3 is 5.69 Å². The second-order valence-corrected chi connectivity index (χ2v) is 3.15. The Labute approximate surface area is 77.3 Å². The summed E-state index contributed by atoms with van der Waals surface area (Å²) in [4.78, 5) is 20.7. The Morgan fingerprint density at radius 1 is 1.46 bits per heavy atom. The summed E-state index contributed by atoms with van der Waals surface area (Å²) in [5.74, 6) is 0.448. The Bertz CT molecular complexity index is 462. The molecule has 0 fully saturated rings. The van der Waals surface area contributed by atoms with Gasteiger partial charge in [0.25, 0.3) is 0 Å². The van der Waals surface area contributed by atoms with Crippen LogP contribution in [0.25, 0.3) is 11.4 Å². The van der Waals surface area contributed by atoms with E-state index in [1.54, 1.807) is 0 Å². The number of nitrogens with two attached hydrogens (primary N) is 1. The molecule has 0 unspecified atom stereocenters. The van der Waals surface area contributed by atoms with Crippen molar-refractivity contribution in [3.63, 3.8) is 0 Å². The molecule has 0 atom stereocenters. The lowest BCUT2D eigenvalue weighted by Gasteiger charge is -1.95. The Balaban J connectivity index is 2.59. The van der Waals surface area contributed by atoms with E-state index in [0.717, 1.165) is 5.56 Å². The Morgan fingerprint density at radius 2 is 2.31 bits per heavy atom. The van der Waals surface area contributed by atoms with Gasteiger partial charge in [-0.05, 0) is 11.4 Å². The van der Waals surface area contributed by atoms with Crippen molar-refractivity contribution in [2.45, 2.75) is 0 Å². The summed E-state index contributed by atoms with van der Waals surface area (Å²) in [7, 11) is 0. The van der Waals surface area contributed by atoms with E-state index in [0.29, 0.717) is 5.82 Å². The van der Waals surface area contributed by atoms with Crippen LogP contribution in [0, 0.1) is 0 Å². The number of aromatic nitrogens is 3. The third-order valence-corrected chi connectivity index (χ3v) is 2.15. The molecule has 66 valence electrons. The van der Waals surface area contributed by atoms with E-state index in [9.17, 15) is 4.79 Å². The summed E-state index contributed by atoms with van der Waals surface area (Å²) in [6.07, 6.45) is 0. The molecule has 0 spiro atoms. The molecular weight excluding hydrogens is 188 g/mol. The van der Waals surface area contributed by atoms with Crippen molar-refractivity contribution in [3.8, 4) is 11.4 Å². The van der Waals surface area contributed by atoms with Crippen molar-refractivity contribution in [2.24, 2.45) is 0 Å². The minimum absolute atomic E-state index is 0.00931. The first-order valence-electron chi connectivity index (χ1n) is 3.52. The first kappa shape index (κ1) is 7.93. The maximum absolute atomic E-state index is 10.9. The largest absolute Gasteiger partial charge is 0.368 e. The lowest BCUT2D eigenvalue weighted by molar-refractivity contribution is 1.01. The lowest BCUT2D eigenvalue weighted by Crippen LogP contribution is -2.15. The molecule has 0 amide bonds. The van der Waals surface area contributed by atoms with Gasteiger partial charge < -0.3 is 5.73 Å². The molecule has 2 heterocycles. The average molecular weight is 194 g/mol. The molecule has 0 bridgehead atoms. The van der Waals surface area contributed by atoms with Gasteiger partial charge in [-0.25, -0.2) is 4.79 Å². The Kier molecular flexibility index (Phi) is 1.82. The van der Waals surface area contributed by atoms with E-state index in [4.69, 9.17) is 5.73 Å². The normalized spacial score (nSPS) is 10.2. The summed E-state index contributed by atoms with van der Waals surface area (Å²) in [6, 6.07) is 1.85. The molecular formula is C7H6N4OS. The third kappa shape index (κ3) is 1.57. The van der Waals surface area contributed by atoms with Crippen LogP contribution in [0.3, 0.4) is 0 Å². The number of nitrogen functional groups attached to an aromatic ring is 1. The van der Waals surface area contributed by atoms with Gasteiger partial charge in [0.2, 0.25) is 5.95 Å². The van der Waals surface area contributed by atoms with E-state index >= 15 is 0 Å². The zero-order valence-corrected chi connectivity index (χ0v) is 7.34. The minimum atomic E-state index is -0.478. The van der Waals surface area contributed by atoms with Crippen LogP contribution < -0.4 is 11.4 Å². The highest BCUT2D eigenvalue weighted by atomic mass is 32.1. The van der Waals surface area contributed by atoms with E-state index in [-0.39, 0.29) is 5.95 Å². The quantitative estimate of drug-likeness (QED) is 0.691. The standard InChI is InChI=1S/C7H6N4OS/c8-6-9-5(10-7(12)11-6)4-1-2-13-3-4/h1-3H,(H3,8,9,10,11,12). The Morgan fingerprint density at radius 3 is 2.92 bits per heavy atom. The van der Waals surface area contributed by atoms with E-state index in [1.807, 2.05) is 16.8 Å². The molecule has 0 radical (unpaired) electrons. The van der Waals surface area contributed by atoms with Crippen LogP contribution in [0.2, 0.25) is 0 Å². The van der Waals surface area contributed by atoms with Crippen LogP contribution >= 0.6 is 11.3 Å². The highest BCUT2D eigenvalue weighted by Crippen LogP contribution is 2.16. The molecule has 0 saturated heterocycles. The second-order valence-electron chi connectivity index (χ2n) is 2.37. The molecule has 5 nitrogen and oxygen atoms in total. The lowest BCUT2D eigenvalue weighted by atomic mass is 10.3. The van der Waals surface area contributed by atoms with Gasteiger partial charge in [-0.15, -0.1) is 0 Å². The molecule has 0 saturated carbocycles. The van der Waals surface area contributed by atoms with Crippen molar-refractivity contribution in [2.75, 3.05) is 5.73 Å². The fourth-order valence-electron chi connectivity index (χ4n) is 0.937. The summed E-state index contributed by atoms with van der Waals surface area (Å²) >= 11 is 1.52. The maximum Gasteiger partial charge on any atom is 0.349 e. The molecule has 3 N–H and O–H groups in total. The maximum atomic E-state index is 10.9. The van der Waals surface area contributed by atoms with Crippen molar-refractivity contribution >= 4 is 17.3 Å². The van der Waals surface area contributed by atoms with Crippen LogP contribution in [0.4, 0.5) is 5.95 Å². The fourth-order valence-corrected chi connectivity index (χ4v) is 1.58. The number of thiophene rings is 1. The number of nitrogens with one attached hydrogen (secondary N) is 1. The number of nitrogens with zero attached hydrogens (tertiary/aromatic N) is 2. The van der Waals surface area contributed by atoms with Gasteiger partial charge in [-0.2, -0.15) is 21.3 Å². The highest BCUT2D eigenvalue weighted by molar-refractivity contribution is 7.08. The first-order valence-corrected chi connectivity index (χ1v) is 4.46. The number of hydrogen-bond donors (Lipinski definition) is 2. The summed E-state index contributed by atoms with van der Waals surface area (Å²) < 4.78 is 0. The van der Waals surface area contributed by atoms with Crippen molar-refractivity contribution in [1.29, 1.82) is 0 Å². The number of anilines is 1. The highest BCUT2D eigenvalue weighted by Gasteiger charge is 2.02. The van der Waals surface area contributed by atoms with Crippen LogP contribution in [-0.4, -0.2) is 15.0 Å². The molecule has 0 aliphatic heterocycles. The Hall–Kier alpha value is -1.69. The molecule has 0 aliphatic carbocycles. The molecule has 0 aromatic carbocycles. The number of rotatable bonds is 1. The van der Waals surface area contributed by atoms with Gasteiger partial charge in [0, 0.05) is 10.9 Å². The summed E-state index contributed by atoms with van der Waals surface area (Å²) in [5.41, 5.74) is 5.69. The van der Waals surface area contributed by atoms with Gasteiger partial charge in [0.1, 0.15) is 5.82 Å². The number of H-pyrrole nitrogens is 1. The zero-order valence-electron chi connectivity index (χ0n) is 6.52. The first-order chi connectivity index (χ1) is 6.25. The average Bonchev–Trinajstić information content (AvgIpc) is 2.53. The predicted molar refractivity (Wildman–Crippen MR) is 50.4 cm³/mol. The smallest absolute Gasteiger partial charge is 0.349 e. The second kappa shape index (κ2) is 2.98. The minimum Gasteiger partial charge on any atom is -0.368 e. The van der Waals surface area contributed by atoms with E-state index in [2.05, 4.69) is 15.0 Å². The van der Waals surface area contributed by atoms with Crippen LogP contribution in [0.1, 0.15) is 0 Å². The van der Waals surface area contributed by atoms with Crippen molar-refractivity contribution in [1.82, 2.24) is 15.0 Å². The monoisotopic (exact) mass is 194 g/mol. The fraction of sp³-hybridized carbons (Fsp3) is 0. The third-order valence-electron chi connectivity index (χ3n) is 1.46. The topological polar surface area (TPSA) is 84.7 Å². The SMILES string of the molecule is Nc1nc(-c2ccsc2)[nH]c(=O)n1. The number of hydrogen-bond acceptors (Lipinski definition) is 5. The van der Waals surface area contributed by atoms with E-state index in [1.165, 1.54) is 11.3 Å². The van der Waals surface area contributed by atoms with Crippen molar-refractivity contribution < 1.29 is 0 Å². The van der Waals surface area contributed by atoms with Gasteiger partial charge in [0.05, 0.1) is 0 Å². The summed E-state index contributed by atoms with van der Waals surface area (Å²) in [6.45, 7) is 0. The number of aromatic amines is 1.